The molecule has 1 aromatic heterocycles. The van der Waals surface area contributed by atoms with Gasteiger partial charge in [0.25, 0.3) is 10.0 Å². The van der Waals surface area contributed by atoms with Crippen LogP contribution >= 0.6 is 11.8 Å². The molecule has 9 heteroatoms. The number of hydrogen-bond acceptors (Lipinski definition) is 5. The van der Waals surface area contributed by atoms with Crippen LogP contribution in [0.25, 0.3) is 0 Å². The minimum absolute atomic E-state index is 0.205. The first-order chi connectivity index (χ1) is 11.1. The van der Waals surface area contributed by atoms with Crippen molar-refractivity contribution < 1.29 is 8.42 Å². The summed E-state index contributed by atoms with van der Waals surface area (Å²) in [6.45, 7) is 0.515. The van der Waals surface area contributed by atoms with Crippen LogP contribution in [0, 0.1) is 0 Å². The first-order valence-corrected chi connectivity index (χ1v) is 9.51. The maximum atomic E-state index is 12.2. The van der Waals surface area contributed by atoms with Gasteiger partial charge in [0.15, 0.2) is 5.16 Å². The smallest absolute Gasteiger partial charge is 0.264 e. The fourth-order valence-electron chi connectivity index (χ4n) is 1.70. The van der Waals surface area contributed by atoms with Gasteiger partial charge in [-0.2, -0.15) is 0 Å². The van der Waals surface area contributed by atoms with Gasteiger partial charge in [0.2, 0.25) is 5.96 Å². The third-order valence-corrected chi connectivity index (χ3v) is 5.15. The molecule has 0 bridgehead atoms. The second-order valence-electron chi connectivity index (χ2n) is 4.50. The third-order valence-electron chi connectivity index (χ3n) is 2.81. The van der Waals surface area contributed by atoms with Gasteiger partial charge in [0, 0.05) is 31.7 Å². The highest BCUT2D eigenvalue weighted by Gasteiger charge is 2.14. The van der Waals surface area contributed by atoms with Crippen LogP contribution in [-0.4, -0.2) is 43.7 Å². The van der Waals surface area contributed by atoms with E-state index in [2.05, 4.69) is 25.0 Å². The molecule has 2 aromatic rings. The van der Waals surface area contributed by atoms with Gasteiger partial charge in [-0.3, -0.25) is 4.99 Å². The number of thioether (sulfide) groups is 1. The van der Waals surface area contributed by atoms with Crippen LogP contribution in [0.1, 0.15) is 6.42 Å². The highest BCUT2D eigenvalue weighted by molar-refractivity contribution is 7.99. The number of benzene rings is 1. The molecule has 0 radical (unpaired) electrons. The number of hydrogen-bond donors (Lipinski definition) is 3. The van der Waals surface area contributed by atoms with Crippen LogP contribution in [-0.2, 0) is 10.0 Å². The number of imidazole rings is 1. The Hall–Kier alpha value is -2.00. The van der Waals surface area contributed by atoms with Crippen molar-refractivity contribution in [2.24, 2.45) is 4.99 Å². The Labute approximate surface area is 140 Å². The summed E-state index contributed by atoms with van der Waals surface area (Å²) in [4.78, 5) is 11.6. The number of aromatic amines is 1. The molecule has 0 unspecified atom stereocenters. The Morgan fingerprint density at radius 3 is 2.78 bits per heavy atom. The van der Waals surface area contributed by atoms with Crippen molar-refractivity contribution >= 4 is 27.7 Å². The number of rotatable bonds is 7. The number of aliphatic imine (C=N–C) groups is 1. The summed E-state index contributed by atoms with van der Waals surface area (Å²) >= 11 is 1.60. The largest absolute Gasteiger partial charge is 0.359 e. The van der Waals surface area contributed by atoms with E-state index >= 15 is 0 Å². The molecular weight excluding hydrogens is 334 g/mol. The summed E-state index contributed by atoms with van der Waals surface area (Å²) in [7, 11) is -1.98. The molecule has 124 valence electrons. The van der Waals surface area contributed by atoms with Crippen LogP contribution in [0.2, 0.25) is 0 Å². The van der Waals surface area contributed by atoms with Crippen LogP contribution in [0.3, 0.4) is 0 Å². The molecule has 3 N–H and O–H groups in total. The van der Waals surface area contributed by atoms with Crippen molar-refractivity contribution in [1.82, 2.24) is 20.0 Å². The molecule has 2 rings (SSSR count). The Morgan fingerprint density at radius 2 is 2.13 bits per heavy atom. The lowest BCUT2D eigenvalue weighted by Crippen LogP contribution is -2.39. The lowest BCUT2D eigenvalue weighted by molar-refractivity contribution is 0.591. The summed E-state index contributed by atoms with van der Waals surface area (Å²) in [5, 5.41) is 3.63. The van der Waals surface area contributed by atoms with Crippen molar-refractivity contribution in [2.45, 2.75) is 16.5 Å². The van der Waals surface area contributed by atoms with E-state index in [1.165, 1.54) is 12.1 Å². The predicted octanol–water partition coefficient (Wildman–Crippen LogP) is 1.45. The Morgan fingerprint density at radius 1 is 1.35 bits per heavy atom. The van der Waals surface area contributed by atoms with E-state index in [0.717, 1.165) is 17.3 Å². The third kappa shape index (κ3) is 5.61. The van der Waals surface area contributed by atoms with Crippen molar-refractivity contribution in [3.63, 3.8) is 0 Å². The van der Waals surface area contributed by atoms with Gasteiger partial charge in [0.05, 0.1) is 4.90 Å². The fourth-order valence-corrected chi connectivity index (χ4v) is 3.51. The average Bonchev–Trinajstić information content (AvgIpc) is 3.07. The molecule has 1 heterocycles. The number of sulfonamides is 1. The van der Waals surface area contributed by atoms with E-state index in [1.54, 1.807) is 49.4 Å². The second kappa shape index (κ2) is 8.59. The first kappa shape index (κ1) is 17.4. The van der Waals surface area contributed by atoms with E-state index < -0.39 is 10.0 Å². The molecule has 0 fully saturated rings. The van der Waals surface area contributed by atoms with Gasteiger partial charge < -0.3 is 10.3 Å². The Kier molecular flexibility index (Phi) is 6.48. The normalized spacial score (nSPS) is 12.1. The highest BCUT2D eigenvalue weighted by atomic mass is 32.2. The summed E-state index contributed by atoms with van der Waals surface area (Å²) < 4.78 is 26.8. The lowest BCUT2D eigenvalue weighted by Gasteiger charge is -2.10. The molecule has 0 aliphatic rings. The van der Waals surface area contributed by atoms with Gasteiger partial charge in [-0.1, -0.05) is 30.0 Å². The number of H-pyrrole nitrogens is 1. The van der Waals surface area contributed by atoms with Gasteiger partial charge in [-0.25, -0.2) is 18.1 Å². The van der Waals surface area contributed by atoms with E-state index in [1.807, 2.05) is 0 Å². The number of aromatic nitrogens is 2. The zero-order valence-electron chi connectivity index (χ0n) is 12.7. The second-order valence-corrected chi connectivity index (χ2v) is 7.26. The number of guanidine groups is 1. The van der Waals surface area contributed by atoms with E-state index in [-0.39, 0.29) is 10.9 Å². The number of nitrogens with one attached hydrogen (secondary N) is 3. The summed E-state index contributed by atoms with van der Waals surface area (Å²) in [6, 6.07) is 8.20. The maximum Gasteiger partial charge on any atom is 0.264 e. The van der Waals surface area contributed by atoms with E-state index in [0.29, 0.717) is 6.54 Å². The molecule has 0 amide bonds. The van der Waals surface area contributed by atoms with Crippen molar-refractivity contribution in [2.75, 3.05) is 19.3 Å². The summed E-state index contributed by atoms with van der Waals surface area (Å²) in [5.41, 5.74) is 0. The van der Waals surface area contributed by atoms with Gasteiger partial charge in [-0.05, 0) is 18.6 Å². The SMILES string of the molecule is CNC(=NCCCSc1ncc[nH]1)NS(=O)(=O)c1ccccc1. The molecule has 23 heavy (non-hydrogen) atoms. The van der Waals surface area contributed by atoms with E-state index in [9.17, 15) is 8.42 Å². The Bertz CT molecular complexity index is 715. The minimum Gasteiger partial charge on any atom is -0.359 e. The zero-order valence-corrected chi connectivity index (χ0v) is 14.3. The average molecular weight is 353 g/mol. The zero-order chi connectivity index (χ0) is 16.5. The molecule has 0 spiro atoms. The summed E-state index contributed by atoms with van der Waals surface area (Å²) in [6.07, 6.45) is 4.29. The molecule has 1 aromatic carbocycles. The van der Waals surface area contributed by atoms with Crippen LogP contribution in [0.15, 0.2) is 57.8 Å². The lowest BCUT2D eigenvalue weighted by atomic mass is 10.4. The maximum absolute atomic E-state index is 12.2. The predicted molar refractivity (Wildman–Crippen MR) is 92.1 cm³/mol. The molecule has 0 atom stereocenters. The van der Waals surface area contributed by atoms with Gasteiger partial charge in [-0.15, -0.1) is 0 Å². The monoisotopic (exact) mass is 353 g/mol. The van der Waals surface area contributed by atoms with Crippen LogP contribution in [0.5, 0.6) is 0 Å². The standard InChI is InChI=1S/C14H19N5O2S2/c1-15-13(16-8-5-11-22-14-17-9-10-18-14)19-23(20,21)12-6-3-2-4-7-12/h2-4,6-7,9-10H,5,8,11H2,1H3,(H,17,18)(H2,15,16,19). The summed E-state index contributed by atoms with van der Waals surface area (Å²) in [5.74, 6) is 1.08. The molecule has 0 saturated heterocycles. The molecular formula is C14H19N5O2S2. The molecule has 7 nitrogen and oxygen atoms in total. The van der Waals surface area contributed by atoms with Crippen molar-refractivity contribution in [1.29, 1.82) is 0 Å². The molecule has 0 aliphatic carbocycles. The Balaban J connectivity index is 1.84. The van der Waals surface area contributed by atoms with Gasteiger partial charge >= 0.3 is 0 Å². The fraction of sp³-hybridized carbons (Fsp3) is 0.286. The van der Waals surface area contributed by atoms with E-state index in [4.69, 9.17) is 0 Å². The van der Waals surface area contributed by atoms with Crippen molar-refractivity contribution in [3.05, 3.63) is 42.7 Å². The molecule has 0 saturated carbocycles. The topological polar surface area (TPSA) is 99.2 Å². The van der Waals surface area contributed by atoms with Crippen LogP contribution < -0.4 is 10.0 Å². The quantitative estimate of drug-likeness (QED) is 0.303. The first-order valence-electron chi connectivity index (χ1n) is 7.04. The molecule has 0 aliphatic heterocycles. The van der Waals surface area contributed by atoms with Crippen molar-refractivity contribution in [3.8, 4) is 0 Å². The van der Waals surface area contributed by atoms with Crippen LogP contribution in [0.4, 0.5) is 0 Å². The van der Waals surface area contributed by atoms with Gasteiger partial charge in [0.1, 0.15) is 0 Å². The number of nitrogens with zero attached hydrogens (tertiary/aromatic N) is 2. The minimum atomic E-state index is -3.61. The highest BCUT2D eigenvalue weighted by Crippen LogP contribution is 2.12.